The van der Waals surface area contributed by atoms with Gasteiger partial charge in [-0.3, -0.25) is 19.0 Å². The summed E-state index contributed by atoms with van der Waals surface area (Å²) in [6.07, 6.45) is -0.736. The van der Waals surface area contributed by atoms with Gasteiger partial charge in [-0.15, -0.1) is 21.1 Å². The first-order chi connectivity index (χ1) is 36.7. The summed E-state index contributed by atoms with van der Waals surface area (Å²) in [5, 5.41) is 12.2. The molecular formula is C50H38Cl4N5O16S2+. The molecule has 6 heterocycles. The molecule has 3 fully saturated rings. The number of halogens is 4. The maximum atomic E-state index is 13.8. The lowest BCUT2D eigenvalue weighted by atomic mass is 9.77. The van der Waals surface area contributed by atoms with Crippen molar-refractivity contribution in [1.82, 2.24) is 15.3 Å². The third-order valence-electron chi connectivity index (χ3n) is 13.9. The highest BCUT2D eigenvalue weighted by Crippen LogP contribution is 2.61. The first-order valence-corrected chi connectivity index (χ1v) is 27.1. The number of urea groups is 1. The molecule has 0 saturated carbocycles. The van der Waals surface area contributed by atoms with E-state index >= 15 is 0 Å². The van der Waals surface area contributed by atoms with E-state index in [9.17, 15) is 42.3 Å². The van der Waals surface area contributed by atoms with Gasteiger partial charge in [0.15, 0.2) is 11.6 Å². The molecule has 0 aliphatic carbocycles. The largest absolute Gasteiger partial charge is 0.514 e. The van der Waals surface area contributed by atoms with E-state index in [0.717, 1.165) is 10.6 Å². The van der Waals surface area contributed by atoms with Crippen LogP contribution >= 0.6 is 58.2 Å². The van der Waals surface area contributed by atoms with Crippen molar-refractivity contribution in [2.45, 2.75) is 48.5 Å². The van der Waals surface area contributed by atoms with Crippen LogP contribution in [0.15, 0.2) is 102 Å². The number of carbonyl (C=O) groups excluding carboxylic acids is 5. The lowest BCUT2D eigenvalue weighted by molar-refractivity contribution is -0.830. The molecule has 398 valence electrons. The number of nitrogens with one attached hydrogen (secondary N) is 2. The van der Waals surface area contributed by atoms with E-state index in [1.807, 2.05) is 48.3 Å². The second-order valence-electron chi connectivity index (χ2n) is 18.3. The Balaban J connectivity index is 0.736. The Hall–Kier alpha value is -6.80. The van der Waals surface area contributed by atoms with Crippen molar-refractivity contribution in [3.05, 3.63) is 150 Å². The molecule has 2 bridgehead atoms. The third kappa shape index (κ3) is 9.11. The molecule has 5 aromatic rings. The number of fused-ring (bicyclic) bond motifs is 9. The third-order valence-corrected chi connectivity index (χ3v) is 17.4. The molecule has 3 saturated heterocycles. The second kappa shape index (κ2) is 19.9. The van der Waals surface area contributed by atoms with Crippen LogP contribution in [0.5, 0.6) is 23.0 Å². The smallest absolute Gasteiger partial charge is 0.489 e. The SMILES string of the molecule is CN(c1ccccc1)c1ccc2c(c1)Oc1cc(OC(=O)OCc3ccc(OCC4=C(C(=O)O)N5C(=O)[C@@H](NC(=O)C6CC[C@H]7C[NH+]6C(=O)N7OS(=O)(=O)O)[C@H]5SC4)cc3)ccc1C21OC(=O)c2c(Cl)c(Cl)c(Cl)c(Cl)c21. The standard InChI is InChI=1S/C50H37Cl4N5O16S2/c1-56(25-5-3-2-4-6-25)26-9-14-30-33(17-26)73-34-18-29(13-15-31(34)50(30)36-35(47(64)74-50)37(51)39(53)40(54)38(36)52)72-49(66)71-20-23-7-11-28(12-8-23)70-21-24-22-76-45-41(44(61)58(45)42(24)46(62)63)55-43(60)32-16-10-27-19-57(32)48(65)59(27)75-77(67,68)69/h2-9,11-15,17-18,27,32,41,45H,10,16,19-22H2,1H3,(H,55,60)(H,62,63)(H,67,68,69)/p+1/t27-,32?,41+,45+,50?/m0/s1. The van der Waals surface area contributed by atoms with Gasteiger partial charge in [0.2, 0.25) is 0 Å². The normalized spacial score (nSPS) is 22.7. The summed E-state index contributed by atoms with van der Waals surface area (Å²) in [5.74, 6) is -2.67. The zero-order valence-corrected chi connectivity index (χ0v) is 44.1. The topological polar surface area (TPSA) is 259 Å². The number of aliphatic carboxylic acids is 1. The highest BCUT2D eigenvalue weighted by atomic mass is 35.5. The number of hydrogen-bond donors (Lipinski definition) is 4. The fourth-order valence-corrected chi connectivity index (χ4v) is 13.1. The Bertz CT molecular complexity index is 3540. The van der Waals surface area contributed by atoms with Crippen LogP contribution in [0.25, 0.3) is 0 Å². The number of carboxylic acids is 1. The van der Waals surface area contributed by atoms with E-state index in [1.54, 1.807) is 42.5 Å². The lowest BCUT2D eigenvalue weighted by Crippen LogP contribution is -3.18. The number of nitrogens with zero attached hydrogens (tertiary/aromatic N) is 3. The Labute approximate surface area is 460 Å². The fourth-order valence-electron chi connectivity index (χ4n) is 10.3. The summed E-state index contributed by atoms with van der Waals surface area (Å²) in [6, 6.07) is 22.1. The van der Waals surface area contributed by atoms with E-state index in [4.69, 9.17) is 74.6 Å². The highest BCUT2D eigenvalue weighted by molar-refractivity contribution is 8.00. The number of piperidine rings is 1. The molecule has 5 aromatic carbocycles. The van der Waals surface area contributed by atoms with Crippen molar-refractivity contribution in [2.75, 3.05) is 30.9 Å². The number of benzene rings is 5. The van der Waals surface area contributed by atoms with Crippen LogP contribution in [0.2, 0.25) is 20.1 Å². The van der Waals surface area contributed by atoms with Crippen molar-refractivity contribution < 1.29 is 79.7 Å². The molecule has 4 N–H and O–H groups in total. The molecule has 0 aromatic heterocycles. The monoisotopic (exact) mass is 1170 g/mol. The maximum Gasteiger partial charge on any atom is 0.514 e. The summed E-state index contributed by atoms with van der Waals surface area (Å²) in [6.45, 7) is -0.417. The summed E-state index contributed by atoms with van der Waals surface area (Å²) in [5.41, 5.74) is 1.16. The van der Waals surface area contributed by atoms with Gasteiger partial charge in [-0.05, 0) is 60.5 Å². The Morgan fingerprint density at radius 1 is 0.870 bits per heavy atom. The molecule has 4 amide bonds. The van der Waals surface area contributed by atoms with Crippen LogP contribution in [0.1, 0.15) is 45.5 Å². The number of hydroxylamine groups is 2. The number of para-hydroxylation sites is 1. The molecule has 6 aliphatic rings. The van der Waals surface area contributed by atoms with Gasteiger partial charge in [0, 0.05) is 65.0 Å². The van der Waals surface area contributed by atoms with Crippen LogP contribution in [-0.2, 0) is 50.7 Å². The predicted octanol–water partition coefficient (Wildman–Crippen LogP) is 7.06. The highest BCUT2D eigenvalue weighted by Gasteiger charge is 2.59. The van der Waals surface area contributed by atoms with E-state index < -0.39 is 75.4 Å². The fraction of sp³-hybridized carbons (Fsp3) is 0.240. The number of thioether (sulfide) groups is 1. The number of hydrogen-bond acceptors (Lipinski definition) is 16. The van der Waals surface area contributed by atoms with Crippen LogP contribution in [0.4, 0.5) is 21.0 Å². The van der Waals surface area contributed by atoms with Crippen molar-refractivity contribution in [3.63, 3.8) is 0 Å². The minimum absolute atomic E-state index is 0.00682. The van der Waals surface area contributed by atoms with Crippen LogP contribution in [0.3, 0.4) is 0 Å². The minimum Gasteiger partial charge on any atom is -0.489 e. The van der Waals surface area contributed by atoms with Crippen LogP contribution in [0, 0.1) is 0 Å². The number of carbonyl (C=O) groups is 6. The van der Waals surface area contributed by atoms with E-state index in [2.05, 4.69) is 9.60 Å². The van der Waals surface area contributed by atoms with Crippen molar-refractivity contribution in [2.24, 2.45) is 0 Å². The molecule has 3 unspecified atom stereocenters. The summed E-state index contributed by atoms with van der Waals surface area (Å²) in [7, 11) is -3.12. The lowest BCUT2D eigenvalue weighted by Gasteiger charge is -2.49. The number of anilines is 2. The van der Waals surface area contributed by atoms with Crippen LogP contribution in [-0.4, -0.2) is 113 Å². The predicted molar refractivity (Wildman–Crippen MR) is 274 cm³/mol. The molecule has 6 aliphatic heterocycles. The Kier molecular flexibility index (Phi) is 13.5. The number of ether oxygens (including phenoxy) is 5. The van der Waals surface area contributed by atoms with Gasteiger partial charge in [-0.2, -0.15) is 8.42 Å². The van der Waals surface area contributed by atoms with Gasteiger partial charge in [0.1, 0.15) is 65.9 Å². The van der Waals surface area contributed by atoms with Gasteiger partial charge in [-0.1, -0.05) is 76.7 Å². The number of esters is 1. The van der Waals surface area contributed by atoms with Gasteiger partial charge in [-0.25, -0.2) is 24.1 Å². The van der Waals surface area contributed by atoms with Gasteiger partial charge < -0.3 is 39.0 Å². The van der Waals surface area contributed by atoms with Gasteiger partial charge >= 0.3 is 34.5 Å². The molecule has 0 radical (unpaired) electrons. The zero-order chi connectivity index (χ0) is 54.4. The Morgan fingerprint density at radius 2 is 1.56 bits per heavy atom. The van der Waals surface area contributed by atoms with Gasteiger partial charge in [0.05, 0.1) is 25.7 Å². The summed E-state index contributed by atoms with van der Waals surface area (Å²) < 4.78 is 65.8. The molecule has 21 nitrogen and oxygen atoms in total. The zero-order valence-electron chi connectivity index (χ0n) is 39.5. The van der Waals surface area contributed by atoms with Crippen molar-refractivity contribution in [1.29, 1.82) is 0 Å². The van der Waals surface area contributed by atoms with Crippen LogP contribution < -0.4 is 29.3 Å². The average Bonchev–Trinajstić information content (AvgIpc) is 4.12. The molecule has 77 heavy (non-hydrogen) atoms. The average molecular weight is 1170 g/mol. The molecule has 27 heteroatoms. The van der Waals surface area contributed by atoms with E-state index in [1.165, 1.54) is 23.9 Å². The van der Waals surface area contributed by atoms with Crippen molar-refractivity contribution in [3.8, 4) is 23.0 Å². The summed E-state index contributed by atoms with van der Waals surface area (Å²) in [4.78, 5) is 82.2. The molecule has 1 spiro atoms. The number of β-lactam (4-membered cyclic amide) rings is 1. The quantitative estimate of drug-likeness (QED) is 0.0230. The number of carboxylic acid groups (broad SMARTS) is 1. The van der Waals surface area contributed by atoms with Gasteiger partial charge in [0.25, 0.3) is 11.8 Å². The molecule has 6 atom stereocenters. The maximum absolute atomic E-state index is 13.8. The first-order valence-electron chi connectivity index (χ1n) is 23.2. The molecular weight excluding hydrogens is 1130 g/mol. The Morgan fingerprint density at radius 3 is 2.27 bits per heavy atom. The van der Waals surface area contributed by atoms with E-state index in [0.29, 0.717) is 38.8 Å². The number of rotatable bonds is 13. The van der Waals surface area contributed by atoms with Crippen molar-refractivity contribution >= 4 is 116 Å². The first kappa shape index (κ1) is 52.3. The number of quaternary nitrogens is 1. The molecule has 11 rings (SSSR count). The minimum atomic E-state index is -4.99. The second-order valence-corrected chi connectivity index (χ2v) is 21.9. The van der Waals surface area contributed by atoms with E-state index in [-0.39, 0.29) is 97.4 Å². The summed E-state index contributed by atoms with van der Waals surface area (Å²) >= 11 is 27.8. The number of amides is 4.